The molecule has 0 saturated carbocycles. The maximum Gasteiger partial charge on any atom is 0.0541 e. The van der Waals surface area contributed by atoms with Gasteiger partial charge in [-0.2, -0.15) is 0 Å². The number of allylic oxidation sites excluding steroid dienone is 2. The van der Waals surface area contributed by atoms with Crippen molar-refractivity contribution in [3.8, 4) is 39.1 Å². The summed E-state index contributed by atoms with van der Waals surface area (Å²) >= 11 is 0. The van der Waals surface area contributed by atoms with Crippen LogP contribution in [0.2, 0.25) is 0 Å². The smallest absolute Gasteiger partial charge is 0.0541 e. The Hall–Kier alpha value is -7.88. The Balaban J connectivity index is 0.903. The van der Waals surface area contributed by atoms with Crippen molar-refractivity contribution < 1.29 is 0 Å². The van der Waals surface area contributed by atoms with Crippen molar-refractivity contribution in [2.45, 2.75) is 31.2 Å². The molecule has 2 aliphatic rings. The van der Waals surface area contributed by atoms with Gasteiger partial charge in [-0.3, -0.25) is 0 Å². The normalized spacial score (nSPS) is 16.0. The molecule has 1 aliphatic heterocycles. The zero-order valence-corrected chi connectivity index (χ0v) is 35.5. The van der Waals surface area contributed by atoms with Gasteiger partial charge in [0.1, 0.15) is 0 Å². The summed E-state index contributed by atoms with van der Waals surface area (Å²) in [6.07, 6.45) is 5.72. The summed E-state index contributed by atoms with van der Waals surface area (Å²) in [7, 11) is 0. The fourth-order valence-electron chi connectivity index (χ4n) is 11.3. The van der Waals surface area contributed by atoms with Gasteiger partial charge in [-0.05, 0) is 102 Å². The van der Waals surface area contributed by atoms with E-state index < -0.39 is 0 Å². The Morgan fingerprint density at radius 2 is 0.859 bits per heavy atom. The number of benzene rings is 9. The minimum Gasteiger partial charge on any atom is -0.337 e. The number of anilines is 2. The summed E-state index contributed by atoms with van der Waals surface area (Å²) in [5.41, 5.74) is 19.0. The molecule has 11 aromatic rings. The average molecular weight is 820 g/mol. The van der Waals surface area contributed by atoms with Gasteiger partial charge >= 0.3 is 0 Å². The van der Waals surface area contributed by atoms with Crippen molar-refractivity contribution in [2.75, 3.05) is 4.90 Å². The van der Waals surface area contributed by atoms with Crippen LogP contribution in [0.5, 0.6) is 0 Å². The standard InChI is InChI=1S/C61H45N3/c1-3-17-41(18-4-1)46-21-7-12-26-54(46)63-57-29-15-9-23-48(57)51-35-33-45(34-38-59(51)63)62-56-28-14-10-24-49(56)52-39-43(31-36-60(52)62)44-32-37-61-53(40-44)50-25-11-16-30-58(50)64(61)55-27-13-8-22-47(55)42-19-5-2-6-20-42/h1-32,36-40,45,51H,33-35H2. The first-order valence-electron chi connectivity index (χ1n) is 22.7. The lowest BCUT2D eigenvalue weighted by atomic mass is 9.94. The second-order valence-corrected chi connectivity index (χ2v) is 17.5. The van der Waals surface area contributed by atoms with E-state index in [1.54, 1.807) is 0 Å². The lowest BCUT2D eigenvalue weighted by Crippen LogP contribution is -2.14. The molecule has 0 saturated heterocycles. The quantitative estimate of drug-likeness (QED) is 0.163. The number of aromatic nitrogens is 2. The highest BCUT2D eigenvalue weighted by Crippen LogP contribution is 2.54. The highest BCUT2D eigenvalue weighted by Gasteiger charge is 2.37. The molecule has 0 bridgehead atoms. The molecule has 2 unspecified atom stereocenters. The van der Waals surface area contributed by atoms with E-state index in [-0.39, 0.29) is 0 Å². The lowest BCUT2D eigenvalue weighted by Gasteiger charge is -2.26. The molecule has 0 radical (unpaired) electrons. The van der Waals surface area contributed by atoms with Crippen molar-refractivity contribution in [1.29, 1.82) is 0 Å². The third-order valence-corrected chi connectivity index (χ3v) is 14.1. The van der Waals surface area contributed by atoms with Gasteiger partial charge in [0, 0.05) is 67.0 Å². The molecule has 9 aromatic carbocycles. The number of hydrogen-bond acceptors (Lipinski definition) is 1. The fraction of sp³-hybridized carbons (Fsp3) is 0.0820. The highest BCUT2D eigenvalue weighted by atomic mass is 15.2. The Labute approximate surface area is 373 Å². The molecule has 13 rings (SSSR count). The van der Waals surface area contributed by atoms with Crippen molar-refractivity contribution in [1.82, 2.24) is 9.13 Å². The van der Waals surface area contributed by atoms with E-state index in [1.165, 1.54) is 105 Å². The second-order valence-electron chi connectivity index (χ2n) is 17.5. The summed E-state index contributed by atoms with van der Waals surface area (Å²) in [5.74, 6) is 0.345. The van der Waals surface area contributed by atoms with Gasteiger partial charge < -0.3 is 14.0 Å². The van der Waals surface area contributed by atoms with Crippen LogP contribution in [0.15, 0.2) is 230 Å². The van der Waals surface area contributed by atoms with Crippen LogP contribution in [-0.4, -0.2) is 9.13 Å². The molecule has 3 heteroatoms. The maximum absolute atomic E-state index is 2.67. The van der Waals surface area contributed by atoms with E-state index in [4.69, 9.17) is 0 Å². The number of nitrogens with zero attached hydrogens (tertiary/aromatic N) is 3. The summed E-state index contributed by atoms with van der Waals surface area (Å²) < 4.78 is 5.12. The third-order valence-electron chi connectivity index (χ3n) is 14.1. The first-order chi connectivity index (χ1) is 31.8. The lowest BCUT2D eigenvalue weighted by molar-refractivity contribution is 0.479. The van der Waals surface area contributed by atoms with Gasteiger partial charge in [-0.1, -0.05) is 170 Å². The van der Waals surface area contributed by atoms with Gasteiger partial charge in [-0.15, -0.1) is 0 Å². The SMILES string of the molecule is C1=C2C(CCC(n3c4ccccc4c4cc(-c5ccc6c(c5)c5ccccc5n6-c5ccccc5-c5ccccc5)ccc43)C1)c1ccccc1N2c1ccccc1-c1ccccc1. The van der Waals surface area contributed by atoms with Crippen molar-refractivity contribution >= 4 is 55.0 Å². The maximum atomic E-state index is 2.67. The summed E-state index contributed by atoms with van der Waals surface area (Å²) in [6, 6.07) is 80.9. The largest absolute Gasteiger partial charge is 0.337 e. The van der Waals surface area contributed by atoms with Crippen molar-refractivity contribution in [3.63, 3.8) is 0 Å². The Bertz CT molecular complexity index is 3610. The fourth-order valence-corrected chi connectivity index (χ4v) is 11.3. The molecule has 3 heterocycles. The summed E-state index contributed by atoms with van der Waals surface area (Å²) in [5, 5.41) is 5.15. The van der Waals surface area contributed by atoms with Crippen molar-refractivity contribution in [2.24, 2.45) is 0 Å². The average Bonchev–Trinajstić information content (AvgIpc) is 3.93. The van der Waals surface area contributed by atoms with E-state index in [0.717, 1.165) is 19.3 Å². The van der Waals surface area contributed by atoms with Crippen LogP contribution in [0, 0.1) is 0 Å². The molecule has 2 aromatic heterocycles. The molecule has 64 heavy (non-hydrogen) atoms. The van der Waals surface area contributed by atoms with Gasteiger partial charge in [0.2, 0.25) is 0 Å². The highest BCUT2D eigenvalue weighted by molar-refractivity contribution is 6.12. The van der Waals surface area contributed by atoms with E-state index in [1.807, 2.05) is 0 Å². The molecule has 2 atom stereocenters. The van der Waals surface area contributed by atoms with E-state index in [0.29, 0.717) is 12.0 Å². The number of rotatable bonds is 6. The molecule has 0 spiro atoms. The number of fused-ring (bicyclic) bond motifs is 9. The minimum atomic E-state index is 0.325. The first kappa shape index (κ1) is 36.7. The summed E-state index contributed by atoms with van der Waals surface area (Å²) in [6.45, 7) is 0. The zero-order valence-electron chi connectivity index (χ0n) is 35.5. The van der Waals surface area contributed by atoms with Gasteiger partial charge in [0.15, 0.2) is 0 Å². The van der Waals surface area contributed by atoms with Crippen LogP contribution in [0.1, 0.15) is 36.8 Å². The van der Waals surface area contributed by atoms with E-state index in [2.05, 4.69) is 238 Å². The molecular formula is C61H45N3. The third kappa shape index (κ3) is 5.74. The molecular weight excluding hydrogens is 775 g/mol. The predicted octanol–water partition coefficient (Wildman–Crippen LogP) is 16.4. The number of para-hydroxylation sites is 5. The van der Waals surface area contributed by atoms with E-state index >= 15 is 0 Å². The summed E-state index contributed by atoms with van der Waals surface area (Å²) in [4.78, 5) is 2.57. The Morgan fingerprint density at radius 3 is 1.58 bits per heavy atom. The Morgan fingerprint density at radius 1 is 0.359 bits per heavy atom. The van der Waals surface area contributed by atoms with Crippen LogP contribution in [-0.2, 0) is 0 Å². The molecule has 0 fully saturated rings. The second kappa shape index (κ2) is 14.9. The molecule has 304 valence electrons. The van der Waals surface area contributed by atoms with Crippen molar-refractivity contribution in [3.05, 3.63) is 236 Å². The van der Waals surface area contributed by atoms with Crippen LogP contribution in [0.25, 0.3) is 82.7 Å². The van der Waals surface area contributed by atoms with Gasteiger partial charge in [0.25, 0.3) is 0 Å². The van der Waals surface area contributed by atoms with Crippen LogP contribution in [0.4, 0.5) is 11.4 Å². The molecule has 0 N–H and O–H groups in total. The zero-order chi connectivity index (χ0) is 42.1. The monoisotopic (exact) mass is 819 g/mol. The minimum absolute atomic E-state index is 0.325. The molecule has 0 amide bonds. The number of hydrogen-bond donors (Lipinski definition) is 0. The van der Waals surface area contributed by atoms with E-state index in [9.17, 15) is 0 Å². The Kier molecular flexibility index (Phi) is 8.55. The van der Waals surface area contributed by atoms with Gasteiger partial charge in [-0.25, -0.2) is 0 Å². The topological polar surface area (TPSA) is 13.1 Å². The van der Waals surface area contributed by atoms with Crippen LogP contribution in [0.3, 0.4) is 0 Å². The molecule has 1 aliphatic carbocycles. The first-order valence-corrected chi connectivity index (χ1v) is 22.7. The molecule has 3 nitrogen and oxygen atoms in total. The van der Waals surface area contributed by atoms with Crippen LogP contribution < -0.4 is 4.90 Å². The van der Waals surface area contributed by atoms with Gasteiger partial charge in [0.05, 0.1) is 22.4 Å². The van der Waals surface area contributed by atoms with Crippen LogP contribution >= 0.6 is 0 Å². The predicted molar refractivity (Wildman–Crippen MR) is 269 cm³/mol.